The van der Waals surface area contributed by atoms with Gasteiger partial charge in [0.25, 0.3) is 5.56 Å². The maximum Gasteiger partial charge on any atom is 0.433 e. The van der Waals surface area contributed by atoms with Gasteiger partial charge in [0.1, 0.15) is 0 Å². The summed E-state index contributed by atoms with van der Waals surface area (Å²) in [6, 6.07) is 6.62. The van der Waals surface area contributed by atoms with Gasteiger partial charge in [-0.3, -0.25) is 4.79 Å². The van der Waals surface area contributed by atoms with E-state index in [4.69, 9.17) is 4.42 Å². The van der Waals surface area contributed by atoms with E-state index in [1.165, 1.54) is 36.0 Å². The molecule has 1 atom stereocenters. The van der Waals surface area contributed by atoms with Gasteiger partial charge in [0.15, 0.2) is 0 Å². The third-order valence-corrected chi connectivity index (χ3v) is 5.14. The molecule has 0 saturated heterocycles. The second-order valence-corrected chi connectivity index (χ2v) is 7.21. The largest absolute Gasteiger partial charge is 0.433 e. The van der Waals surface area contributed by atoms with Crippen LogP contribution >= 0.6 is 0 Å². The van der Waals surface area contributed by atoms with Crippen molar-refractivity contribution < 1.29 is 22.7 Å². The summed E-state index contributed by atoms with van der Waals surface area (Å²) >= 11 is 0. The SMILES string of the molecule is CC1=C(c2nnco2)c2c(C#CC(O)(c3ccccc3)C(F)(F)F)cn(C)c(=O)c2C1. The zero-order valence-corrected chi connectivity index (χ0v) is 16.5. The van der Waals surface area contributed by atoms with Crippen molar-refractivity contribution in [2.75, 3.05) is 0 Å². The minimum atomic E-state index is -5.05. The number of aryl methyl sites for hydroxylation is 1. The van der Waals surface area contributed by atoms with Gasteiger partial charge < -0.3 is 14.1 Å². The van der Waals surface area contributed by atoms with Crippen LogP contribution in [0.4, 0.5) is 13.2 Å². The topological polar surface area (TPSA) is 81.2 Å². The van der Waals surface area contributed by atoms with E-state index in [9.17, 15) is 23.1 Å². The lowest BCUT2D eigenvalue weighted by atomic mass is 9.92. The molecule has 1 unspecified atom stereocenters. The predicted molar refractivity (Wildman–Crippen MR) is 105 cm³/mol. The smallest absolute Gasteiger partial charge is 0.423 e. The fourth-order valence-corrected chi connectivity index (χ4v) is 3.63. The van der Waals surface area contributed by atoms with Crippen molar-refractivity contribution in [2.45, 2.75) is 25.1 Å². The number of benzene rings is 1. The molecular formula is C22H16F3N3O3. The standard InChI is InChI=1S/C22H16F3N3O3/c1-13-10-16-18(17(13)19-27-26-12-31-19)14(11-28(2)20(16)29)8-9-21(30,22(23,24)25)15-6-4-3-5-7-15/h3-7,11-12,30H,10H2,1-2H3. The van der Waals surface area contributed by atoms with Gasteiger partial charge in [-0.25, -0.2) is 0 Å². The summed E-state index contributed by atoms with van der Waals surface area (Å²) in [7, 11) is 1.49. The number of allylic oxidation sites excluding steroid dienone is 1. The highest BCUT2D eigenvalue weighted by Crippen LogP contribution is 2.40. The minimum absolute atomic E-state index is 0.140. The van der Waals surface area contributed by atoms with Crippen molar-refractivity contribution in [2.24, 2.45) is 7.05 Å². The molecule has 2 heterocycles. The number of hydrogen-bond donors (Lipinski definition) is 1. The van der Waals surface area contributed by atoms with Gasteiger partial charge in [0.2, 0.25) is 17.9 Å². The molecule has 1 aliphatic rings. The second kappa shape index (κ2) is 7.25. The van der Waals surface area contributed by atoms with Crippen LogP contribution in [-0.4, -0.2) is 26.0 Å². The number of halogens is 3. The summed E-state index contributed by atoms with van der Waals surface area (Å²) in [6.07, 6.45) is -2.31. The normalized spacial score (nSPS) is 15.3. The molecule has 0 aliphatic heterocycles. The van der Waals surface area contributed by atoms with Gasteiger partial charge in [0.05, 0.1) is 0 Å². The van der Waals surface area contributed by atoms with Gasteiger partial charge in [-0.1, -0.05) is 41.8 Å². The molecule has 0 spiro atoms. The first-order valence-corrected chi connectivity index (χ1v) is 9.20. The molecule has 4 rings (SSSR count). The molecule has 2 aromatic heterocycles. The summed E-state index contributed by atoms with van der Waals surface area (Å²) in [5, 5.41) is 18.1. The average molecular weight is 427 g/mol. The number of alkyl halides is 3. The Labute approximate surface area is 174 Å². The lowest BCUT2D eigenvalue weighted by Gasteiger charge is -2.25. The van der Waals surface area contributed by atoms with E-state index >= 15 is 0 Å². The van der Waals surface area contributed by atoms with Crippen molar-refractivity contribution in [3.05, 3.63) is 87.0 Å². The molecular weight excluding hydrogens is 411 g/mol. The van der Waals surface area contributed by atoms with E-state index in [1.54, 1.807) is 6.92 Å². The highest BCUT2D eigenvalue weighted by Gasteiger charge is 2.54. The van der Waals surface area contributed by atoms with Crippen LogP contribution in [0.5, 0.6) is 0 Å². The highest BCUT2D eigenvalue weighted by molar-refractivity contribution is 5.86. The van der Waals surface area contributed by atoms with Crippen LogP contribution < -0.4 is 5.56 Å². The third-order valence-electron chi connectivity index (χ3n) is 5.14. The molecule has 0 amide bonds. The number of aliphatic hydroxyl groups is 1. The van der Waals surface area contributed by atoms with Gasteiger partial charge in [-0.2, -0.15) is 13.2 Å². The molecule has 31 heavy (non-hydrogen) atoms. The number of rotatable bonds is 2. The maximum atomic E-state index is 13.8. The zero-order chi connectivity index (χ0) is 22.4. The molecule has 3 aromatic rings. The maximum absolute atomic E-state index is 13.8. The highest BCUT2D eigenvalue weighted by atomic mass is 19.4. The Morgan fingerprint density at radius 2 is 1.94 bits per heavy atom. The Hall–Kier alpha value is -3.64. The van der Waals surface area contributed by atoms with Crippen LogP contribution in [-0.2, 0) is 19.1 Å². The third kappa shape index (κ3) is 3.35. The van der Waals surface area contributed by atoms with Crippen molar-refractivity contribution in [1.29, 1.82) is 0 Å². The monoisotopic (exact) mass is 427 g/mol. The van der Waals surface area contributed by atoms with Crippen LogP contribution in [0.15, 0.2) is 57.7 Å². The number of aromatic nitrogens is 3. The van der Waals surface area contributed by atoms with Crippen LogP contribution in [0.25, 0.3) is 5.57 Å². The predicted octanol–water partition coefficient (Wildman–Crippen LogP) is 2.95. The van der Waals surface area contributed by atoms with Crippen molar-refractivity contribution in [1.82, 2.24) is 14.8 Å². The molecule has 1 aromatic carbocycles. The number of fused-ring (bicyclic) bond motifs is 1. The summed E-state index contributed by atoms with van der Waals surface area (Å²) in [5.41, 5.74) is -2.03. The molecule has 158 valence electrons. The Morgan fingerprint density at radius 1 is 1.23 bits per heavy atom. The molecule has 1 N–H and O–H groups in total. The molecule has 0 saturated carbocycles. The minimum Gasteiger partial charge on any atom is -0.423 e. The Balaban J connectivity index is 1.94. The first-order chi connectivity index (χ1) is 14.6. The van der Waals surface area contributed by atoms with Gasteiger partial charge in [0, 0.05) is 47.5 Å². The number of hydrogen-bond acceptors (Lipinski definition) is 5. The van der Waals surface area contributed by atoms with E-state index in [-0.39, 0.29) is 23.4 Å². The van der Waals surface area contributed by atoms with Crippen molar-refractivity contribution in [3.8, 4) is 11.8 Å². The van der Waals surface area contributed by atoms with Crippen molar-refractivity contribution >= 4 is 5.57 Å². The van der Waals surface area contributed by atoms with Gasteiger partial charge >= 0.3 is 6.18 Å². The van der Waals surface area contributed by atoms with Crippen LogP contribution in [0.1, 0.15) is 35.1 Å². The quantitative estimate of drug-likeness (QED) is 0.636. The van der Waals surface area contributed by atoms with Gasteiger partial charge in [-0.15, -0.1) is 10.2 Å². The molecule has 0 bridgehead atoms. The summed E-state index contributed by atoms with van der Waals surface area (Å²) < 4.78 is 48.0. The fraction of sp³-hybridized carbons (Fsp3) is 0.227. The molecule has 1 aliphatic carbocycles. The Morgan fingerprint density at radius 3 is 2.55 bits per heavy atom. The number of nitrogens with zero attached hydrogens (tertiary/aromatic N) is 3. The fourth-order valence-electron chi connectivity index (χ4n) is 3.63. The first kappa shape index (κ1) is 20.6. The van der Waals surface area contributed by atoms with E-state index in [1.807, 2.05) is 5.92 Å². The molecule has 9 heteroatoms. The molecule has 0 fully saturated rings. The van der Waals surface area contributed by atoms with Gasteiger partial charge in [-0.05, 0) is 12.8 Å². The van der Waals surface area contributed by atoms with Crippen LogP contribution in [0.2, 0.25) is 0 Å². The molecule has 0 radical (unpaired) electrons. The second-order valence-electron chi connectivity index (χ2n) is 7.21. The zero-order valence-electron chi connectivity index (χ0n) is 16.5. The van der Waals surface area contributed by atoms with E-state index in [2.05, 4.69) is 16.1 Å². The summed E-state index contributed by atoms with van der Waals surface area (Å²) in [5.74, 6) is 4.61. The Kier molecular flexibility index (Phi) is 4.82. The number of pyridine rings is 1. The lowest BCUT2D eigenvalue weighted by Crippen LogP contribution is -2.41. The summed E-state index contributed by atoms with van der Waals surface area (Å²) in [4.78, 5) is 12.6. The summed E-state index contributed by atoms with van der Waals surface area (Å²) in [6.45, 7) is 1.77. The first-order valence-electron chi connectivity index (χ1n) is 9.20. The van der Waals surface area contributed by atoms with Crippen molar-refractivity contribution in [3.63, 3.8) is 0 Å². The molecule has 6 nitrogen and oxygen atoms in total. The van der Waals surface area contributed by atoms with Crippen LogP contribution in [0.3, 0.4) is 0 Å². The lowest BCUT2D eigenvalue weighted by molar-refractivity contribution is -0.240. The Bertz CT molecular complexity index is 1300. The average Bonchev–Trinajstić information content (AvgIpc) is 3.36. The van der Waals surface area contributed by atoms with Crippen LogP contribution in [0, 0.1) is 11.8 Å². The van der Waals surface area contributed by atoms with E-state index in [0.717, 1.165) is 24.1 Å². The van der Waals surface area contributed by atoms with E-state index in [0.29, 0.717) is 16.7 Å². The van der Waals surface area contributed by atoms with E-state index < -0.39 is 17.3 Å².